The quantitative estimate of drug-likeness (QED) is 0.670. The lowest BCUT2D eigenvalue weighted by molar-refractivity contribution is 0.312. The molecule has 1 N–H and O–H groups in total. The van der Waals surface area contributed by atoms with Crippen molar-refractivity contribution in [2.24, 2.45) is 0 Å². The number of nitrogens with one attached hydrogen (secondary N) is 1. The second-order valence-electron chi connectivity index (χ2n) is 2.91. The van der Waals surface area contributed by atoms with Crippen molar-refractivity contribution in [3.63, 3.8) is 0 Å². The predicted octanol–water partition coefficient (Wildman–Crippen LogP) is 0.0935. The molecule has 1 saturated heterocycles. The summed E-state index contributed by atoms with van der Waals surface area (Å²) in [5, 5.41) is 15.9. The van der Waals surface area contributed by atoms with Gasteiger partial charge >= 0.3 is 0 Å². The topological polar surface area (TPSA) is 53.6 Å². The largest absolute Gasteiger partial charge is 0.312 e. The van der Waals surface area contributed by atoms with Crippen molar-refractivity contribution in [2.75, 3.05) is 13.1 Å². The average molecular weight is 162 g/mol. The molecular formula is C8H10N4. The zero-order valence-corrected chi connectivity index (χ0v) is 6.70. The molecule has 0 radical (unpaired) electrons. The Hall–Kier alpha value is -1.34. The smallest absolute Gasteiger partial charge is 0.0771 e. The van der Waals surface area contributed by atoms with Crippen molar-refractivity contribution in [2.45, 2.75) is 12.5 Å². The normalized spacial score (nSPS) is 16.9. The number of hydrogen-bond acceptors (Lipinski definition) is 3. The molecule has 4 nitrogen and oxygen atoms in total. The number of hydrogen-bond donors (Lipinski definition) is 1. The Morgan fingerprint density at radius 1 is 1.75 bits per heavy atom. The van der Waals surface area contributed by atoms with Crippen molar-refractivity contribution in [1.29, 1.82) is 5.26 Å². The molecule has 1 aromatic heterocycles. The molecule has 62 valence electrons. The fourth-order valence-corrected chi connectivity index (χ4v) is 1.34. The molecule has 1 aliphatic rings. The molecule has 0 bridgehead atoms. The summed E-state index contributed by atoms with van der Waals surface area (Å²) in [6, 6.07) is 4.50. The fraction of sp³-hybridized carbons (Fsp3) is 0.500. The van der Waals surface area contributed by atoms with Gasteiger partial charge in [0.1, 0.15) is 0 Å². The van der Waals surface area contributed by atoms with E-state index in [1.54, 1.807) is 6.20 Å². The first kappa shape index (κ1) is 7.32. The maximum atomic E-state index is 8.53. The van der Waals surface area contributed by atoms with Crippen LogP contribution in [0.1, 0.15) is 11.7 Å². The van der Waals surface area contributed by atoms with Gasteiger partial charge in [-0.15, -0.1) is 0 Å². The summed E-state index contributed by atoms with van der Waals surface area (Å²) in [6.07, 6.45) is 2.21. The molecule has 12 heavy (non-hydrogen) atoms. The Morgan fingerprint density at radius 2 is 2.58 bits per heavy atom. The average Bonchev–Trinajstić information content (AvgIpc) is 2.35. The third-order valence-corrected chi connectivity index (χ3v) is 2.12. The molecule has 1 aliphatic heterocycles. The van der Waals surface area contributed by atoms with Crippen LogP contribution in [0.15, 0.2) is 12.3 Å². The molecule has 0 saturated carbocycles. The second-order valence-corrected chi connectivity index (χ2v) is 2.91. The molecule has 2 heterocycles. The summed E-state index contributed by atoms with van der Waals surface area (Å²) in [7, 11) is 0. The van der Waals surface area contributed by atoms with Crippen molar-refractivity contribution >= 4 is 0 Å². The Bertz CT molecular complexity index is 305. The van der Waals surface area contributed by atoms with E-state index in [0.29, 0.717) is 12.5 Å². The van der Waals surface area contributed by atoms with Crippen molar-refractivity contribution in [3.8, 4) is 6.07 Å². The molecule has 1 aromatic rings. The van der Waals surface area contributed by atoms with Crippen LogP contribution in [-0.4, -0.2) is 22.9 Å². The summed E-state index contributed by atoms with van der Waals surface area (Å²) < 4.78 is 1.94. The van der Waals surface area contributed by atoms with Gasteiger partial charge in [-0.3, -0.25) is 4.68 Å². The molecule has 0 amide bonds. The van der Waals surface area contributed by atoms with E-state index in [-0.39, 0.29) is 0 Å². The van der Waals surface area contributed by atoms with Crippen LogP contribution in [0.2, 0.25) is 0 Å². The molecule has 0 atom stereocenters. The highest BCUT2D eigenvalue weighted by Crippen LogP contribution is 2.13. The van der Waals surface area contributed by atoms with Gasteiger partial charge < -0.3 is 5.32 Å². The van der Waals surface area contributed by atoms with Gasteiger partial charge in [-0.2, -0.15) is 10.4 Å². The van der Waals surface area contributed by atoms with Crippen LogP contribution in [-0.2, 0) is 6.42 Å². The first-order valence-corrected chi connectivity index (χ1v) is 4.02. The number of aromatic nitrogens is 2. The minimum atomic E-state index is 0.455. The van der Waals surface area contributed by atoms with Gasteiger partial charge in [-0.1, -0.05) is 0 Å². The number of nitriles is 1. The van der Waals surface area contributed by atoms with Gasteiger partial charge in [0, 0.05) is 19.3 Å². The molecule has 0 aromatic carbocycles. The van der Waals surface area contributed by atoms with Gasteiger partial charge in [-0.25, -0.2) is 0 Å². The summed E-state index contributed by atoms with van der Waals surface area (Å²) in [6.45, 7) is 1.94. The molecule has 0 unspecified atom stereocenters. The van der Waals surface area contributed by atoms with Gasteiger partial charge in [0.05, 0.1) is 24.2 Å². The summed E-state index contributed by atoms with van der Waals surface area (Å²) >= 11 is 0. The summed E-state index contributed by atoms with van der Waals surface area (Å²) in [5.41, 5.74) is 1.02. The standard InChI is InChI=1S/C8H10N4/c9-3-1-7-2-4-11-12(7)8-5-10-6-8/h2,4,8,10H,1,5-6H2. The van der Waals surface area contributed by atoms with Gasteiger partial charge in [0.25, 0.3) is 0 Å². The van der Waals surface area contributed by atoms with Crippen LogP contribution in [0.3, 0.4) is 0 Å². The van der Waals surface area contributed by atoms with E-state index in [0.717, 1.165) is 18.8 Å². The van der Waals surface area contributed by atoms with E-state index in [2.05, 4.69) is 16.5 Å². The maximum Gasteiger partial charge on any atom is 0.0771 e. The molecule has 4 heteroatoms. The highest BCUT2D eigenvalue weighted by molar-refractivity contribution is 5.08. The molecule has 0 aliphatic carbocycles. The van der Waals surface area contributed by atoms with Crippen LogP contribution in [0.5, 0.6) is 0 Å². The van der Waals surface area contributed by atoms with E-state index in [4.69, 9.17) is 5.26 Å². The lowest BCUT2D eigenvalue weighted by Crippen LogP contribution is -2.44. The van der Waals surface area contributed by atoms with Gasteiger partial charge in [-0.05, 0) is 6.07 Å². The van der Waals surface area contributed by atoms with E-state index >= 15 is 0 Å². The van der Waals surface area contributed by atoms with Crippen molar-refractivity contribution < 1.29 is 0 Å². The lowest BCUT2D eigenvalue weighted by Gasteiger charge is -2.28. The van der Waals surface area contributed by atoms with Crippen LogP contribution >= 0.6 is 0 Å². The highest BCUT2D eigenvalue weighted by Gasteiger charge is 2.20. The summed E-state index contributed by atoms with van der Waals surface area (Å²) in [4.78, 5) is 0. The Morgan fingerprint density at radius 3 is 3.17 bits per heavy atom. The van der Waals surface area contributed by atoms with Crippen LogP contribution in [0.25, 0.3) is 0 Å². The zero-order valence-electron chi connectivity index (χ0n) is 6.70. The molecular weight excluding hydrogens is 152 g/mol. The first-order valence-electron chi connectivity index (χ1n) is 4.02. The molecule has 2 rings (SSSR count). The minimum Gasteiger partial charge on any atom is -0.312 e. The molecule has 0 spiro atoms. The zero-order chi connectivity index (χ0) is 8.39. The number of rotatable bonds is 2. The van der Waals surface area contributed by atoms with Gasteiger partial charge in [0.2, 0.25) is 0 Å². The van der Waals surface area contributed by atoms with E-state index in [1.807, 2.05) is 10.7 Å². The van der Waals surface area contributed by atoms with Gasteiger partial charge in [0.15, 0.2) is 0 Å². The minimum absolute atomic E-state index is 0.455. The lowest BCUT2D eigenvalue weighted by atomic mass is 10.2. The van der Waals surface area contributed by atoms with E-state index in [9.17, 15) is 0 Å². The highest BCUT2D eigenvalue weighted by atomic mass is 15.3. The van der Waals surface area contributed by atoms with E-state index in [1.165, 1.54) is 0 Å². The second kappa shape index (κ2) is 2.95. The number of nitrogens with zero attached hydrogens (tertiary/aromatic N) is 3. The predicted molar refractivity (Wildman–Crippen MR) is 43.5 cm³/mol. The first-order chi connectivity index (χ1) is 5.92. The summed E-state index contributed by atoms with van der Waals surface area (Å²) in [5.74, 6) is 0. The molecule has 1 fully saturated rings. The van der Waals surface area contributed by atoms with Crippen molar-refractivity contribution in [3.05, 3.63) is 18.0 Å². The Labute approximate surface area is 70.8 Å². The van der Waals surface area contributed by atoms with Crippen LogP contribution < -0.4 is 5.32 Å². The van der Waals surface area contributed by atoms with Crippen LogP contribution in [0, 0.1) is 11.3 Å². The Balaban J connectivity index is 2.19. The third-order valence-electron chi connectivity index (χ3n) is 2.12. The monoisotopic (exact) mass is 162 g/mol. The van der Waals surface area contributed by atoms with Crippen LogP contribution in [0.4, 0.5) is 0 Å². The Kier molecular flexibility index (Phi) is 1.80. The van der Waals surface area contributed by atoms with E-state index < -0.39 is 0 Å². The SMILES string of the molecule is N#CCc1ccnn1C1CNC1. The van der Waals surface area contributed by atoms with Crippen molar-refractivity contribution in [1.82, 2.24) is 15.1 Å². The maximum absolute atomic E-state index is 8.53. The fourth-order valence-electron chi connectivity index (χ4n) is 1.34. The third kappa shape index (κ3) is 1.08.